The fourth-order valence-electron chi connectivity index (χ4n) is 2.80. The zero-order valence-corrected chi connectivity index (χ0v) is 16.6. The predicted molar refractivity (Wildman–Crippen MR) is 110 cm³/mol. The number of nitrogens with one attached hydrogen (secondary N) is 1. The van der Waals surface area contributed by atoms with E-state index in [0.717, 1.165) is 21.5 Å². The largest absolute Gasteiger partial charge is 0.465 e. The van der Waals surface area contributed by atoms with Gasteiger partial charge in [-0.3, -0.25) is 19.3 Å². The molecule has 8 nitrogen and oxygen atoms in total. The van der Waals surface area contributed by atoms with Crippen LogP contribution in [-0.2, 0) is 16.1 Å². The number of methoxy groups -OCH3 is 1. The van der Waals surface area contributed by atoms with Gasteiger partial charge in [-0.05, 0) is 47.5 Å². The Morgan fingerprint density at radius 2 is 2.10 bits per heavy atom. The van der Waals surface area contributed by atoms with Crippen LogP contribution in [0.1, 0.15) is 21.1 Å². The lowest BCUT2D eigenvalue weighted by atomic mass is 10.1. The number of nitrogens with zero attached hydrogens (tertiary/aromatic N) is 2. The molecule has 3 heterocycles. The van der Waals surface area contributed by atoms with E-state index < -0.39 is 22.7 Å². The third kappa shape index (κ3) is 3.71. The average molecular weight is 427 g/mol. The van der Waals surface area contributed by atoms with Crippen LogP contribution in [0.3, 0.4) is 0 Å². The fourth-order valence-corrected chi connectivity index (χ4v) is 4.36. The molecule has 4 rings (SSSR count). The van der Waals surface area contributed by atoms with Crippen molar-refractivity contribution < 1.29 is 19.1 Å². The van der Waals surface area contributed by atoms with Crippen molar-refractivity contribution >= 4 is 57.2 Å². The molecule has 0 aliphatic carbocycles. The number of ether oxygens (including phenoxy) is 1. The maximum absolute atomic E-state index is 12.6. The number of rotatable bonds is 4. The smallest absolute Gasteiger partial charge is 0.337 e. The van der Waals surface area contributed by atoms with Gasteiger partial charge in [0.15, 0.2) is 0 Å². The Kier molecular flexibility index (Phi) is 5.03. The third-order valence-electron chi connectivity index (χ3n) is 4.17. The summed E-state index contributed by atoms with van der Waals surface area (Å²) in [4.78, 5) is 58.1. The number of imide groups is 1. The number of carbonyl (C=O) groups is 3. The van der Waals surface area contributed by atoms with Gasteiger partial charge in [0.25, 0.3) is 16.7 Å². The second kappa shape index (κ2) is 7.64. The molecule has 0 atom stereocenters. The minimum atomic E-state index is -0.555. The second-order valence-corrected chi connectivity index (χ2v) is 7.99. The zero-order chi connectivity index (χ0) is 20.5. The van der Waals surface area contributed by atoms with Gasteiger partial charge < -0.3 is 9.72 Å². The molecule has 0 unspecified atom stereocenters. The van der Waals surface area contributed by atoms with E-state index in [1.54, 1.807) is 6.08 Å². The summed E-state index contributed by atoms with van der Waals surface area (Å²) in [5, 5.41) is 1.72. The highest BCUT2D eigenvalue weighted by Gasteiger charge is 2.35. The molecule has 0 radical (unpaired) electrons. The van der Waals surface area contributed by atoms with E-state index in [9.17, 15) is 19.2 Å². The summed E-state index contributed by atoms with van der Waals surface area (Å²) >= 11 is 2.30. The van der Waals surface area contributed by atoms with Crippen molar-refractivity contribution in [2.75, 3.05) is 7.11 Å². The van der Waals surface area contributed by atoms with Gasteiger partial charge in [-0.2, -0.15) is 0 Å². The number of carbonyl (C=O) groups excluding carboxylic acids is 3. The standard InChI is InChI=1S/C19H13N3O5S2/c1-27-18(25)10-4-5-12-13(7-10)20-15(21-16(12)23)9-22-17(24)14(29-19(22)26)8-11-3-2-6-28-11/h2-8H,9H2,1H3,(H,20,21,23)/b14-8-. The summed E-state index contributed by atoms with van der Waals surface area (Å²) < 4.78 is 4.68. The van der Waals surface area contributed by atoms with Crippen molar-refractivity contribution in [3.05, 3.63) is 67.2 Å². The summed E-state index contributed by atoms with van der Waals surface area (Å²) in [6.45, 7) is -0.180. The van der Waals surface area contributed by atoms with E-state index in [4.69, 9.17) is 0 Å². The summed E-state index contributed by atoms with van der Waals surface area (Å²) in [7, 11) is 1.26. The van der Waals surface area contributed by atoms with Crippen LogP contribution in [-0.4, -0.2) is 39.1 Å². The van der Waals surface area contributed by atoms with Gasteiger partial charge in [-0.15, -0.1) is 11.3 Å². The van der Waals surface area contributed by atoms with Crippen LogP contribution >= 0.6 is 23.1 Å². The molecule has 0 saturated carbocycles. The number of H-pyrrole nitrogens is 1. The lowest BCUT2D eigenvalue weighted by Gasteiger charge is -2.12. The predicted octanol–water partition coefficient (Wildman–Crippen LogP) is 3.01. The summed E-state index contributed by atoms with van der Waals surface area (Å²) in [5.74, 6) is -0.858. The summed E-state index contributed by atoms with van der Waals surface area (Å²) in [6, 6.07) is 8.08. The van der Waals surface area contributed by atoms with Crippen LogP contribution in [0.5, 0.6) is 0 Å². The molecule has 1 aromatic carbocycles. The van der Waals surface area contributed by atoms with Crippen molar-refractivity contribution in [2.45, 2.75) is 6.54 Å². The first-order valence-electron chi connectivity index (χ1n) is 8.36. The minimum Gasteiger partial charge on any atom is -0.465 e. The van der Waals surface area contributed by atoms with E-state index in [1.807, 2.05) is 17.5 Å². The Morgan fingerprint density at radius 3 is 2.83 bits per heavy atom. The molecule has 1 aliphatic heterocycles. The molecule has 29 heavy (non-hydrogen) atoms. The molecule has 1 aliphatic rings. The topological polar surface area (TPSA) is 109 Å². The number of hydrogen-bond acceptors (Lipinski definition) is 8. The van der Waals surface area contributed by atoms with Gasteiger partial charge in [0.05, 0.1) is 35.0 Å². The number of benzene rings is 1. The van der Waals surface area contributed by atoms with E-state index in [1.165, 1.54) is 36.6 Å². The molecule has 0 bridgehead atoms. The average Bonchev–Trinajstić information content (AvgIpc) is 3.31. The normalized spacial score (nSPS) is 15.5. The Bertz CT molecular complexity index is 1230. The molecule has 10 heteroatoms. The van der Waals surface area contributed by atoms with Gasteiger partial charge in [0, 0.05) is 4.88 Å². The van der Waals surface area contributed by atoms with Gasteiger partial charge in [0.1, 0.15) is 5.82 Å². The Morgan fingerprint density at radius 1 is 1.28 bits per heavy atom. The number of aromatic amines is 1. The zero-order valence-electron chi connectivity index (χ0n) is 15.0. The molecular formula is C19H13N3O5S2. The quantitative estimate of drug-likeness (QED) is 0.503. The van der Waals surface area contributed by atoms with E-state index in [2.05, 4.69) is 14.7 Å². The van der Waals surface area contributed by atoms with Crippen molar-refractivity contribution in [1.29, 1.82) is 0 Å². The summed E-state index contributed by atoms with van der Waals surface area (Å²) in [5.41, 5.74) is 0.0874. The Labute approximate surface area is 172 Å². The molecule has 1 saturated heterocycles. The highest BCUT2D eigenvalue weighted by Crippen LogP contribution is 2.33. The van der Waals surface area contributed by atoms with Crippen LogP contribution in [0, 0.1) is 0 Å². The second-order valence-electron chi connectivity index (χ2n) is 6.02. The fraction of sp³-hybridized carbons (Fsp3) is 0.105. The van der Waals surface area contributed by atoms with Crippen molar-refractivity contribution in [3.8, 4) is 0 Å². The van der Waals surface area contributed by atoms with Gasteiger partial charge >= 0.3 is 5.97 Å². The minimum absolute atomic E-state index is 0.143. The van der Waals surface area contributed by atoms with Crippen LogP contribution in [0.15, 0.2) is 45.4 Å². The van der Waals surface area contributed by atoms with Crippen LogP contribution in [0.25, 0.3) is 17.0 Å². The number of thioether (sulfide) groups is 1. The van der Waals surface area contributed by atoms with Crippen molar-refractivity contribution in [1.82, 2.24) is 14.9 Å². The van der Waals surface area contributed by atoms with E-state index in [0.29, 0.717) is 4.91 Å². The van der Waals surface area contributed by atoms with Crippen LogP contribution < -0.4 is 5.56 Å². The van der Waals surface area contributed by atoms with Crippen molar-refractivity contribution in [3.63, 3.8) is 0 Å². The van der Waals surface area contributed by atoms with Gasteiger partial charge in [-0.1, -0.05) is 6.07 Å². The molecule has 3 aromatic rings. The Balaban J connectivity index is 1.65. The summed E-state index contributed by atoms with van der Waals surface area (Å²) in [6.07, 6.45) is 1.66. The lowest BCUT2D eigenvalue weighted by Crippen LogP contribution is -2.29. The molecule has 146 valence electrons. The number of hydrogen-bond donors (Lipinski definition) is 1. The SMILES string of the molecule is COC(=O)c1ccc2c(=O)[nH]c(CN3C(=O)S/C(=C\c4cccs4)C3=O)nc2c1. The number of thiophene rings is 1. The van der Waals surface area contributed by atoms with Crippen LogP contribution in [0.4, 0.5) is 4.79 Å². The molecule has 1 N–H and O–H groups in total. The highest BCUT2D eigenvalue weighted by molar-refractivity contribution is 8.18. The van der Waals surface area contributed by atoms with Gasteiger partial charge in [0.2, 0.25) is 0 Å². The molecule has 0 spiro atoms. The first-order chi connectivity index (χ1) is 14.0. The number of amides is 2. The molecule has 1 fully saturated rings. The first kappa shape index (κ1) is 19.1. The van der Waals surface area contributed by atoms with E-state index >= 15 is 0 Å². The molecule has 2 aromatic heterocycles. The monoisotopic (exact) mass is 427 g/mol. The maximum atomic E-state index is 12.6. The lowest BCUT2D eigenvalue weighted by molar-refractivity contribution is -0.123. The molecule has 2 amide bonds. The number of aromatic nitrogens is 2. The first-order valence-corrected chi connectivity index (χ1v) is 10.1. The Hall–Kier alpha value is -3.24. The van der Waals surface area contributed by atoms with Crippen molar-refractivity contribution in [2.24, 2.45) is 0 Å². The molecular weight excluding hydrogens is 414 g/mol. The maximum Gasteiger partial charge on any atom is 0.337 e. The number of esters is 1. The highest BCUT2D eigenvalue weighted by atomic mass is 32.2. The third-order valence-corrected chi connectivity index (χ3v) is 5.90. The van der Waals surface area contributed by atoms with Crippen LogP contribution in [0.2, 0.25) is 0 Å². The van der Waals surface area contributed by atoms with E-state index in [-0.39, 0.29) is 28.8 Å². The van der Waals surface area contributed by atoms with Gasteiger partial charge in [-0.25, -0.2) is 9.78 Å². The number of fused-ring (bicyclic) bond motifs is 1.